The van der Waals surface area contributed by atoms with Crippen molar-refractivity contribution in [2.75, 3.05) is 0 Å². The highest BCUT2D eigenvalue weighted by molar-refractivity contribution is 5.78. The minimum Gasteiger partial charge on any atom is -0.320 e. The molecule has 0 radical (unpaired) electrons. The van der Waals surface area contributed by atoms with Crippen LogP contribution in [0, 0.1) is 0 Å². The lowest BCUT2D eigenvalue weighted by Gasteiger charge is -1.89. The Bertz CT molecular complexity index is 98.2. The molecule has 7 N–H and O–H groups in total. The van der Waals surface area contributed by atoms with Gasteiger partial charge in [0, 0.05) is 0 Å². The van der Waals surface area contributed by atoms with Gasteiger partial charge in [0.1, 0.15) is 0 Å². The van der Waals surface area contributed by atoms with Crippen LogP contribution in [0.1, 0.15) is 0 Å². The van der Waals surface area contributed by atoms with Gasteiger partial charge in [0.15, 0.2) is 0 Å². The third-order valence-corrected chi connectivity index (χ3v) is 0.404. The van der Waals surface area contributed by atoms with Crippen molar-refractivity contribution in [3.63, 3.8) is 0 Å². The molecule has 0 saturated carbocycles. The van der Waals surface area contributed by atoms with Crippen LogP contribution in [0.2, 0.25) is 0 Å². The summed E-state index contributed by atoms with van der Waals surface area (Å²) >= 11 is 0. The normalized spacial score (nSPS) is 12.4. The first-order valence-electron chi connectivity index (χ1n) is 1.70. The number of nitrogens with two attached hydrogens (primary N) is 3. The van der Waals surface area contributed by atoms with Gasteiger partial charge in [-0.3, -0.25) is 5.43 Å². The second-order valence-electron chi connectivity index (χ2n) is 0.813. The third-order valence-electron chi connectivity index (χ3n) is 0.404. The van der Waals surface area contributed by atoms with Gasteiger partial charge in [-0.05, 0) is 0 Å². The first-order chi connectivity index (χ1) is 3.85. The number of guanidine groups is 1. The van der Waals surface area contributed by atoms with Gasteiger partial charge >= 0.3 is 0 Å². The Morgan fingerprint density at radius 1 is 1.38 bits per heavy atom. The lowest BCUT2D eigenvalue weighted by molar-refractivity contribution is 0.944. The van der Waals surface area contributed by atoms with Crippen LogP contribution >= 0.6 is 0 Å². The molecule has 0 rings (SSSR count). The zero-order chi connectivity index (χ0) is 6.41. The maximum Gasteiger partial charge on any atom is 0.274 e. The van der Waals surface area contributed by atoms with E-state index >= 15 is 0 Å². The van der Waals surface area contributed by atoms with E-state index in [2.05, 4.69) is 21.3 Å². The van der Waals surface area contributed by atoms with E-state index in [0.717, 1.165) is 0 Å². The second-order valence-corrected chi connectivity index (χ2v) is 0.813. The zero-order valence-electron chi connectivity index (χ0n) is 4.07. The highest BCUT2D eigenvalue weighted by Crippen LogP contribution is 1.66. The Morgan fingerprint density at radius 2 is 2.00 bits per heavy atom. The SMILES string of the molecule is NN=NC(=NN)NN. The van der Waals surface area contributed by atoms with Crippen LogP contribution < -0.4 is 23.0 Å². The lowest BCUT2D eigenvalue weighted by Crippen LogP contribution is -2.29. The Labute approximate surface area is 45.6 Å². The van der Waals surface area contributed by atoms with E-state index < -0.39 is 0 Å². The Kier molecular flexibility index (Phi) is 3.16. The molecule has 0 fully saturated rings. The molecule has 0 aromatic rings. The van der Waals surface area contributed by atoms with E-state index in [1.54, 1.807) is 0 Å². The van der Waals surface area contributed by atoms with Gasteiger partial charge in [-0.1, -0.05) is 10.3 Å². The monoisotopic (exact) mass is 117 g/mol. The molecule has 0 saturated heterocycles. The first-order valence-corrected chi connectivity index (χ1v) is 1.70. The number of rotatable bonds is 0. The number of hydrazone groups is 1. The van der Waals surface area contributed by atoms with E-state index in [-0.39, 0.29) is 5.96 Å². The molecule has 0 heterocycles. The quantitative estimate of drug-likeness (QED) is 0.0961. The summed E-state index contributed by atoms with van der Waals surface area (Å²) in [6.07, 6.45) is 0. The second kappa shape index (κ2) is 3.81. The van der Waals surface area contributed by atoms with Crippen molar-refractivity contribution in [3.05, 3.63) is 0 Å². The van der Waals surface area contributed by atoms with Gasteiger partial charge in [-0.2, -0.15) is 0 Å². The van der Waals surface area contributed by atoms with Crippen molar-refractivity contribution in [2.24, 2.45) is 33.0 Å². The predicted octanol–water partition coefficient (Wildman–Crippen LogP) is -1.99. The Balaban J connectivity index is 3.72. The van der Waals surface area contributed by atoms with Crippen molar-refractivity contribution in [1.82, 2.24) is 5.43 Å². The fourth-order valence-corrected chi connectivity index (χ4v) is 0.147. The topological polar surface area (TPSA) is 127 Å². The van der Waals surface area contributed by atoms with Crippen molar-refractivity contribution in [2.45, 2.75) is 0 Å². The number of hydrogen-bond donors (Lipinski definition) is 4. The highest BCUT2D eigenvalue weighted by Gasteiger charge is 1.84. The molecule has 0 amide bonds. The van der Waals surface area contributed by atoms with Gasteiger partial charge in [-0.15, -0.1) is 5.10 Å². The van der Waals surface area contributed by atoms with Crippen LogP contribution in [-0.2, 0) is 0 Å². The van der Waals surface area contributed by atoms with E-state index in [4.69, 9.17) is 11.7 Å². The van der Waals surface area contributed by atoms with Gasteiger partial charge in [0.2, 0.25) is 0 Å². The molecule has 0 spiro atoms. The molecule has 0 aromatic carbocycles. The smallest absolute Gasteiger partial charge is 0.274 e. The predicted molar refractivity (Wildman–Crippen MR) is 28.0 cm³/mol. The summed E-state index contributed by atoms with van der Waals surface area (Å²) in [5.41, 5.74) is 2.04. The van der Waals surface area contributed by atoms with Gasteiger partial charge < -0.3 is 11.7 Å². The standard InChI is InChI=1S/CH7N7/c2-5-1(6-3)7-8-4/h2-3H2,(H3,4,5,6,7). The summed E-state index contributed by atoms with van der Waals surface area (Å²) < 4.78 is 0. The number of nitrogens with one attached hydrogen (secondary N) is 1. The van der Waals surface area contributed by atoms with E-state index in [1.165, 1.54) is 0 Å². The third kappa shape index (κ3) is 1.92. The molecule has 46 valence electrons. The van der Waals surface area contributed by atoms with E-state index in [9.17, 15) is 0 Å². The molecular formula is CH7N7. The molecule has 8 heavy (non-hydrogen) atoms. The van der Waals surface area contributed by atoms with Crippen molar-refractivity contribution in [1.29, 1.82) is 0 Å². The largest absolute Gasteiger partial charge is 0.320 e. The van der Waals surface area contributed by atoms with E-state index in [1.807, 2.05) is 5.43 Å². The van der Waals surface area contributed by atoms with Crippen molar-refractivity contribution >= 4 is 5.96 Å². The molecule has 0 atom stereocenters. The van der Waals surface area contributed by atoms with Crippen molar-refractivity contribution in [3.8, 4) is 0 Å². The molecule has 0 bridgehead atoms. The summed E-state index contributed by atoms with van der Waals surface area (Å²) in [4.78, 5) is 0. The van der Waals surface area contributed by atoms with Crippen LogP contribution in [0.3, 0.4) is 0 Å². The lowest BCUT2D eigenvalue weighted by atomic mass is 11.1. The molecular weight excluding hydrogens is 110 g/mol. The maximum absolute atomic E-state index is 4.80. The molecule has 7 nitrogen and oxygen atoms in total. The maximum atomic E-state index is 4.80. The minimum absolute atomic E-state index is 0.0208. The molecule has 0 unspecified atom stereocenters. The summed E-state index contributed by atoms with van der Waals surface area (Å²) in [7, 11) is 0. The minimum atomic E-state index is -0.0208. The van der Waals surface area contributed by atoms with Crippen LogP contribution in [0.15, 0.2) is 15.4 Å². The summed E-state index contributed by atoms with van der Waals surface area (Å²) in [5, 5.41) is 9.04. The van der Waals surface area contributed by atoms with Crippen LogP contribution in [0.5, 0.6) is 0 Å². The highest BCUT2D eigenvalue weighted by atomic mass is 15.4. The molecule has 0 aliphatic carbocycles. The first kappa shape index (κ1) is 6.63. The fourth-order valence-electron chi connectivity index (χ4n) is 0.147. The fraction of sp³-hybridized carbons (Fsp3) is 0. The number of hydrogen-bond acceptors (Lipinski definition) is 4. The van der Waals surface area contributed by atoms with Gasteiger partial charge in [0.25, 0.3) is 5.96 Å². The molecule has 7 heteroatoms. The van der Waals surface area contributed by atoms with E-state index in [0.29, 0.717) is 0 Å². The van der Waals surface area contributed by atoms with Gasteiger partial charge in [0.05, 0.1) is 0 Å². The summed E-state index contributed by atoms with van der Waals surface area (Å²) in [6.45, 7) is 0. The molecule has 0 aliphatic heterocycles. The summed E-state index contributed by atoms with van der Waals surface area (Å²) in [5.74, 6) is 14.1. The number of hydrazine groups is 1. The Hall–Kier alpha value is -1.37. The molecule has 0 aromatic heterocycles. The average Bonchev–Trinajstić information content (AvgIpc) is 1.83. The van der Waals surface area contributed by atoms with Crippen LogP contribution in [-0.4, -0.2) is 5.96 Å². The average molecular weight is 117 g/mol. The zero-order valence-corrected chi connectivity index (χ0v) is 4.07. The van der Waals surface area contributed by atoms with Gasteiger partial charge in [-0.25, -0.2) is 5.84 Å². The number of nitrogens with zero attached hydrogens (tertiary/aromatic N) is 3. The van der Waals surface area contributed by atoms with Crippen LogP contribution in [0.4, 0.5) is 0 Å². The molecule has 0 aliphatic rings. The summed E-state index contributed by atoms with van der Waals surface area (Å²) in [6, 6.07) is 0. The van der Waals surface area contributed by atoms with Crippen molar-refractivity contribution < 1.29 is 0 Å². The van der Waals surface area contributed by atoms with Crippen LogP contribution in [0.25, 0.3) is 0 Å². The Morgan fingerprint density at radius 3 is 2.12 bits per heavy atom.